The first-order chi connectivity index (χ1) is 9.92. The molecule has 1 aromatic carbocycles. The highest BCUT2D eigenvalue weighted by Crippen LogP contribution is 2.30. The van der Waals surface area contributed by atoms with Crippen molar-refractivity contribution in [1.29, 1.82) is 0 Å². The Morgan fingerprint density at radius 3 is 2.65 bits per heavy atom. The first-order valence-electron chi connectivity index (χ1n) is 7.59. The van der Waals surface area contributed by atoms with Gasteiger partial charge in [0.05, 0.1) is 0 Å². The van der Waals surface area contributed by atoms with Gasteiger partial charge >= 0.3 is 0 Å². The fraction of sp³-hybridized carbons (Fsp3) is 0.625. The molecule has 0 atom stereocenters. The van der Waals surface area contributed by atoms with Gasteiger partial charge in [-0.1, -0.05) is 6.07 Å². The summed E-state index contributed by atoms with van der Waals surface area (Å²) in [4.78, 5) is 0. The van der Waals surface area contributed by atoms with E-state index in [-0.39, 0.29) is 0 Å². The van der Waals surface area contributed by atoms with E-state index in [0.29, 0.717) is 13.2 Å². The quantitative estimate of drug-likeness (QED) is 0.836. The summed E-state index contributed by atoms with van der Waals surface area (Å²) in [6.45, 7) is 5.27. The summed E-state index contributed by atoms with van der Waals surface area (Å²) >= 11 is 0. The molecule has 0 radical (unpaired) electrons. The predicted molar refractivity (Wildman–Crippen MR) is 77.5 cm³/mol. The molecule has 0 unspecified atom stereocenters. The maximum atomic E-state index is 5.61. The Balaban J connectivity index is 1.41. The summed E-state index contributed by atoms with van der Waals surface area (Å²) in [5.41, 5.74) is 1.30. The average Bonchev–Trinajstić information content (AvgIpc) is 2.52. The summed E-state index contributed by atoms with van der Waals surface area (Å²) in [5.74, 6) is 2.54. The molecule has 110 valence electrons. The number of ether oxygens (including phenoxy) is 3. The van der Waals surface area contributed by atoms with Gasteiger partial charge in [-0.15, -0.1) is 0 Å². The molecular weight excluding hydrogens is 254 g/mol. The number of hydrogen-bond donors (Lipinski definition) is 1. The van der Waals surface area contributed by atoms with Crippen LogP contribution in [0.4, 0.5) is 0 Å². The van der Waals surface area contributed by atoms with Gasteiger partial charge in [-0.25, -0.2) is 0 Å². The van der Waals surface area contributed by atoms with Gasteiger partial charge in [0.1, 0.15) is 13.2 Å². The van der Waals surface area contributed by atoms with Crippen LogP contribution in [0.3, 0.4) is 0 Å². The van der Waals surface area contributed by atoms with E-state index in [1.54, 1.807) is 0 Å². The molecule has 2 aliphatic rings. The summed E-state index contributed by atoms with van der Waals surface area (Å²) in [7, 11) is 0. The zero-order valence-corrected chi connectivity index (χ0v) is 11.9. The molecule has 0 aromatic heterocycles. The van der Waals surface area contributed by atoms with Gasteiger partial charge in [-0.05, 0) is 56.0 Å². The summed E-state index contributed by atoms with van der Waals surface area (Å²) < 4.78 is 16.5. The lowest BCUT2D eigenvalue weighted by atomic mass is 10.0. The van der Waals surface area contributed by atoms with Crippen molar-refractivity contribution in [2.45, 2.75) is 19.3 Å². The van der Waals surface area contributed by atoms with Crippen LogP contribution >= 0.6 is 0 Å². The second-order valence-electron chi connectivity index (χ2n) is 5.49. The molecule has 0 aliphatic carbocycles. The lowest BCUT2D eigenvalue weighted by Crippen LogP contribution is -2.29. The highest BCUT2D eigenvalue weighted by atomic mass is 16.6. The van der Waals surface area contributed by atoms with Crippen molar-refractivity contribution in [1.82, 2.24) is 5.32 Å². The summed E-state index contributed by atoms with van der Waals surface area (Å²) in [6.07, 6.45) is 3.41. The molecular formula is C16H23NO3. The zero-order valence-electron chi connectivity index (χ0n) is 11.9. The van der Waals surface area contributed by atoms with Gasteiger partial charge in [-0.2, -0.15) is 0 Å². The number of nitrogens with one attached hydrogen (secondary N) is 1. The van der Waals surface area contributed by atoms with Crippen LogP contribution in [0.25, 0.3) is 0 Å². The molecule has 1 fully saturated rings. The Bertz CT molecular complexity index is 430. The second kappa shape index (κ2) is 6.95. The molecule has 2 aliphatic heterocycles. The predicted octanol–water partition coefficient (Wildman–Crippen LogP) is 2.02. The summed E-state index contributed by atoms with van der Waals surface area (Å²) in [6, 6.07) is 6.25. The van der Waals surface area contributed by atoms with Crippen LogP contribution in [0, 0.1) is 5.92 Å². The Hall–Kier alpha value is -1.26. The molecule has 1 saturated heterocycles. The van der Waals surface area contributed by atoms with Crippen LogP contribution in [0.1, 0.15) is 18.4 Å². The smallest absolute Gasteiger partial charge is 0.161 e. The van der Waals surface area contributed by atoms with Gasteiger partial charge in [0, 0.05) is 13.2 Å². The minimum absolute atomic E-state index is 0.651. The van der Waals surface area contributed by atoms with Crippen LogP contribution in [0.15, 0.2) is 18.2 Å². The normalized spacial score (nSPS) is 19.0. The fourth-order valence-corrected chi connectivity index (χ4v) is 2.73. The first kappa shape index (κ1) is 13.7. The fourth-order valence-electron chi connectivity index (χ4n) is 2.73. The lowest BCUT2D eigenvalue weighted by Gasteiger charge is -2.22. The number of rotatable bonds is 5. The largest absolute Gasteiger partial charge is 0.486 e. The molecule has 20 heavy (non-hydrogen) atoms. The van der Waals surface area contributed by atoms with Crippen LogP contribution in [-0.4, -0.2) is 39.5 Å². The SMILES string of the molecule is c1cc2c(cc1CCNCC1CCOCC1)OCCO2. The van der Waals surface area contributed by atoms with Crippen molar-refractivity contribution in [3.63, 3.8) is 0 Å². The Morgan fingerprint density at radius 2 is 1.80 bits per heavy atom. The second-order valence-corrected chi connectivity index (χ2v) is 5.49. The maximum absolute atomic E-state index is 5.61. The van der Waals surface area contributed by atoms with Crippen molar-refractivity contribution < 1.29 is 14.2 Å². The van der Waals surface area contributed by atoms with Crippen molar-refractivity contribution in [2.24, 2.45) is 5.92 Å². The third kappa shape index (κ3) is 3.64. The van der Waals surface area contributed by atoms with Gasteiger partial charge in [-0.3, -0.25) is 0 Å². The summed E-state index contributed by atoms with van der Waals surface area (Å²) in [5, 5.41) is 3.56. The van der Waals surface area contributed by atoms with E-state index in [2.05, 4.69) is 17.4 Å². The van der Waals surface area contributed by atoms with E-state index >= 15 is 0 Å². The molecule has 1 aromatic rings. The maximum Gasteiger partial charge on any atom is 0.161 e. The van der Waals surface area contributed by atoms with Gasteiger partial charge in [0.25, 0.3) is 0 Å². The third-order valence-corrected chi connectivity index (χ3v) is 3.97. The first-order valence-corrected chi connectivity index (χ1v) is 7.59. The van der Waals surface area contributed by atoms with Crippen LogP contribution < -0.4 is 14.8 Å². The number of fused-ring (bicyclic) bond motifs is 1. The van der Waals surface area contributed by atoms with Gasteiger partial charge in [0.15, 0.2) is 11.5 Å². The molecule has 0 saturated carbocycles. The number of hydrogen-bond acceptors (Lipinski definition) is 4. The van der Waals surface area contributed by atoms with Crippen molar-refractivity contribution >= 4 is 0 Å². The van der Waals surface area contributed by atoms with E-state index < -0.39 is 0 Å². The molecule has 2 heterocycles. The van der Waals surface area contributed by atoms with Gasteiger partial charge in [0.2, 0.25) is 0 Å². The standard InChI is InChI=1S/C16H23NO3/c1-2-15-16(20-10-9-19-15)11-13(1)3-6-17-12-14-4-7-18-8-5-14/h1-2,11,14,17H,3-10,12H2. The van der Waals surface area contributed by atoms with E-state index in [0.717, 1.165) is 50.1 Å². The van der Waals surface area contributed by atoms with E-state index in [1.165, 1.54) is 18.4 Å². The van der Waals surface area contributed by atoms with Crippen molar-refractivity contribution in [3.8, 4) is 11.5 Å². The van der Waals surface area contributed by atoms with Crippen LogP contribution in [0.2, 0.25) is 0 Å². The lowest BCUT2D eigenvalue weighted by molar-refractivity contribution is 0.0664. The van der Waals surface area contributed by atoms with Gasteiger partial charge < -0.3 is 19.5 Å². The third-order valence-electron chi connectivity index (χ3n) is 3.97. The highest BCUT2D eigenvalue weighted by molar-refractivity contribution is 5.43. The van der Waals surface area contributed by atoms with Crippen molar-refractivity contribution in [3.05, 3.63) is 23.8 Å². The average molecular weight is 277 g/mol. The Labute approximate surface area is 120 Å². The highest BCUT2D eigenvalue weighted by Gasteiger charge is 2.13. The molecule has 3 rings (SSSR count). The monoisotopic (exact) mass is 277 g/mol. The molecule has 0 bridgehead atoms. The molecule has 1 N–H and O–H groups in total. The van der Waals surface area contributed by atoms with Crippen molar-refractivity contribution in [2.75, 3.05) is 39.5 Å². The van der Waals surface area contributed by atoms with E-state index in [1.807, 2.05) is 6.07 Å². The molecule has 4 heteroatoms. The molecule has 4 nitrogen and oxygen atoms in total. The van der Waals surface area contributed by atoms with Crippen LogP contribution in [-0.2, 0) is 11.2 Å². The van der Waals surface area contributed by atoms with E-state index in [4.69, 9.17) is 14.2 Å². The Morgan fingerprint density at radius 1 is 1.00 bits per heavy atom. The molecule has 0 spiro atoms. The Kier molecular flexibility index (Phi) is 4.77. The molecule has 0 amide bonds. The minimum Gasteiger partial charge on any atom is -0.486 e. The topological polar surface area (TPSA) is 39.7 Å². The number of benzene rings is 1. The van der Waals surface area contributed by atoms with E-state index in [9.17, 15) is 0 Å². The van der Waals surface area contributed by atoms with Crippen LogP contribution in [0.5, 0.6) is 11.5 Å². The minimum atomic E-state index is 0.651. The zero-order chi connectivity index (χ0) is 13.6.